The highest BCUT2D eigenvalue weighted by Crippen LogP contribution is 2.32. The van der Waals surface area contributed by atoms with E-state index in [0.29, 0.717) is 24.6 Å². The summed E-state index contributed by atoms with van der Waals surface area (Å²) in [6.45, 7) is 3.06. The summed E-state index contributed by atoms with van der Waals surface area (Å²) in [5, 5.41) is 7.60. The Morgan fingerprint density at radius 2 is 2.17 bits per heavy atom. The van der Waals surface area contributed by atoms with E-state index in [0.717, 1.165) is 25.8 Å². The molecule has 18 heavy (non-hydrogen) atoms. The van der Waals surface area contributed by atoms with Gasteiger partial charge >= 0.3 is 0 Å². The van der Waals surface area contributed by atoms with Crippen molar-refractivity contribution < 1.29 is 8.42 Å². The van der Waals surface area contributed by atoms with Gasteiger partial charge in [0.1, 0.15) is 11.1 Å². The Morgan fingerprint density at radius 1 is 1.39 bits per heavy atom. The fourth-order valence-corrected chi connectivity index (χ4v) is 4.36. The first-order valence-corrected chi connectivity index (χ1v) is 8.15. The van der Waals surface area contributed by atoms with Crippen molar-refractivity contribution in [3.8, 4) is 0 Å². The lowest BCUT2D eigenvalue weighted by Gasteiger charge is -2.22. The van der Waals surface area contributed by atoms with Crippen LogP contribution in [0, 0.1) is 0 Å². The van der Waals surface area contributed by atoms with E-state index in [1.165, 1.54) is 0 Å². The first kappa shape index (κ1) is 13.5. The van der Waals surface area contributed by atoms with Gasteiger partial charge in [0.2, 0.25) is 0 Å². The van der Waals surface area contributed by atoms with Gasteiger partial charge in [-0.05, 0) is 19.3 Å². The van der Waals surface area contributed by atoms with Crippen LogP contribution < -0.4 is 5.73 Å². The first-order chi connectivity index (χ1) is 8.60. The van der Waals surface area contributed by atoms with Crippen LogP contribution in [-0.2, 0) is 22.9 Å². The van der Waals surface area contributed by atoms with Crippen LogP contribution in [0.4, 0.5) is 0 Å². The van der Waals surface area contributed by atoms with E-state index in [9.17, 15) is 8.42 Å². The molecule has 102 valence electrons. The van der Waals surface area contributed by atoms with Gasteiger partial charge in [0, 0.05) is 6.54 Å². The van der Waals surface area contributed by atoms with Crippen molar-refractivity contribution in [3.05, 3.63) is 11.6 Å². The minimum atomic E-state index is -3.08. The molecule has 7 heteroatoms. The van der Waals surface area contributed by atoms with Gasteiger partial charge in [-0.15, -0.1) is 10.2 Å². The molecule has 1 aliphatic heterocycles. The summed E-state index contributed by atoms with van der Waals surface area (Å²) in [6.07, 6.45) is 3.24. The second-order valence-electron chi connectivity index (χ2n) is 4.68. The predicted octanol–water partition coefficient (Wildman–Crippen LogP) is 0.787. The lowest BCUT2D eigenvalue weighted by molar-refractivity contribution is 0.519. The maximum atomic E-state index is 12.1. The van der Waals surface area contributed by atoms with Gasteiger partial charge in [0.05, 0.1) is 12.3 Å². The average molecular weight is 272 g/mol. The molecule has 1 aromatic rings. The number of hydrogen-bond acceptors (Lipinski definition) is 5. The topological polar surface area (TPSA) is 90.9 Å². The second kappa shape index (κ2) is 5.36. The van der Waals surface area contributed by atoms with Crippen LogP contribution in [0.1, 0.15) is 49.5 Å². The van der Waals surface area contributed by atoms with Crippen molar-refractivity contribution in [2.24, 2.45) is 5.73 Å². The Morgan fingerprint density at radius 3 is 2.78 bits per heavy atom. The number of sulfone groups is 1. The molecular weight excluding hydrogens is 252 g/mol. The monoisotopic (exact) mass is 272 g/mol. The predicted molar refractivity (Wildman–Crippen MR) is 68.6 cm³/mol. The third-order valence-electron chi connectivity index (χ3n) is 3.35. The summed E-state index contributed by atoms with van der Waals surface area (Å²) < 4.78 is 26.1. The van der Waals surface area contributed by atoms with Gasteiger partial charge in [-0.2, -0.15) is 0 Å². The number of rotatable bonds is 4. The second-order valence-corrected chi connectivity index (χ2v) is 6.98. The maximum Gasteiger partial charge on any atom is 0.160 e. The number of nitrogens with two attached hydrogens (primary N) is 1. The fraction of sp³-hybridized carbons (Fsp3) is 0.818. The molecule has 0 saturated carbocycles. The van der Waals surface area contributed by atoms with Crippen LogP contribution in [0.2, 0.25) is 0 Å². The third kappa shape index (κ3) is 2.42. The molecule has 2 heterocycles. The van der Waals surface area contributed by atoms with Gasteiger partial charge in [-0.3, -0.25) is 0 Å². The van der Waals surface area contributed by atoms with E-state index < -0.39 is 15.1 Å². The Hall–Kier alpha value is -0.950. The minimum Gasteiger partial charge on any atom is -0.324 e. The normalized spacial score (nSPS) is 23.1. The van der Waals surface area contributed by atoms with Crippen LogP contribution in [0.3, 0.4) is 0 Å². The highest BCUT2D eigenvalue weighted by Gasteiger charge is 2.34. The molecule has 1 unspecified atom stereocenters. The van der Waals surface area contributed by atoms with Crippen molar-refractivity contribution in [2.45, 2.75) is 50.9 Å². The van der Waals surface area contributed by atoms with Crippen LogP contribution in [0.15, 0.2) is 0 Å². The first-order valence-electron chi connectivity index (χ1n) is 6.43. The van der Waals surface area contributed by atoms with Gasteiger partial charge < -0.3 is 10.3 Å². The van der Waals surface area contributed by atoms with Crippen molar-refractivity contribution in [2.75, 3.05) is 5.75 Å². The average Bonchev–Trinajstić information content (AvgIpc) is 2.72. The Bertz CT molecular complexity index is 509. The van der Waals surface area contributed by atoms with E-state index in [2.05, 4.69) is 10.2 Å². The summed E-state index contributed by atoms with van der Waals surface area (Å²) >= 11 is 0. The molecule has 0 amide bonds. The van der Waals surface area contributed by atoms with E-state index in [1.54, 1.807) is 0 Å². The molecule has 1 saturated heterocycles. The number of nitrogens with zero attached hydrogens (tertiary/aromatic N) is 3. The van der Waals surface area contributed by atoms with Crippen LogP contribution in [0.25, 0.3) is 0 Å². The molecule has 1 atom stereocenters. The Balaban J connectivity index is 2.40. The fourth-order valence-electron chi connectivity index (χ4n) is 2.45. The highest BCUT2D eigenvalue weighted by atomic mass is 32.2. The van der Waals surface area contributed by atoms with E-state index in [4.69, 9.17) is 5.73 Å². The number of hydrogen-bond donors (Lipinski definition) is 1. The van der Waals surface area contributed by atoms with Crippen LogP contribution in [0.5, 0.6) is 0 Å². The molecule has 1 fully saturated rings. The zero-order valence-corrected chi connectivity index (χ0v) is 11.5. The summed E-state index contributed by atoms with van der Waals surface area (Å²) in [5.74, 6) is 1.51. The van der Waals surface area contributed by atoms with Crippen molar-refractivity contribution >= 4 is 9.84 Å². The summed E-state index contributed by atoms with van der Waals surface area (Å²) in [6, 6.07) is 0. The smallest absolute Gasteiger partial charge is 0.160 e. The molecular formula is C11H20N4O2S. The maximum absolute atomic E-state index is 12.1. The van der Waals surface area contributed by atoms with E-state index >= 15 is 0 Å². The summed E-state index contributed by atoms with van der Waals surface area (Å²) in [4.78, 5) is 0. The quantitative estimate of drug-likeness (QED) is 0.875. The Labute approximate surface area is 108 Å². The van der Waals surface area contributed by atoms with Crippen LogP contribution in [-0.4, -0.2) is 28.9 Å². The zero-order chi connectivity index (χ0) is 13.2. The molecule has 1 aliphatic rings. The molecule has 0 radical (unpaired) electrons. The van der Waals surface area contributed by atoms with Gasteiger partial charge in [0.25, 0.3) is 0 Å². The van der Waals surface area contributed by atoms with Crippen molar-refractivity contribution in [1.29, 1.82) is 0 Å². The lowest BCUT2D eigenvalue weighted by Crippen LogP contribution is -2.25. The summed E-state index contributed by atoms with van der Waals surface area (Å²) in [7, 11) is -3.08. The SMILES string of the molecule is CCCn1c(CN)nnc1C1CCCCS1(=O)=O. The summed E-state index contributed by atoms with van der Waals surface area (Å²) in [5.41, 5.74) is 5.62. The standard InChI is InChI=1S/C11H20N4O2S/c1-2-6-15-10(8-12)13-14-11(15)9-5-3-4-7-18(9,16)17/h9H,2-8,12H2,1H3. The highest BCUT2D eigenvalue weighted by molar-refractivity contribution is 7.91. The molecule has 0 bridgehead atoms. The Kier molecular flexibility index (Phi) is 4.01. The molecule has 0 aliphatic carbocycles. The van der Waals surface area contributed by atoms with Crippen LogP contribution >= 0.6 is 0 Å². The van der Waals surface area contributed by atoms with Crippen molar-refractivity contribution in [3.63, 3.8) is 0 Å². The molecule has 6 nitrogen and oxygen atoms in total. The van der Waals surface area contributed by atoms with E-state index in [-0.39, 0.29) is 5.75 Å². The molecule has 0 aromatic carbocycles. The molecule has 2 rings (SSSR count). The molecule has 1 aromatic heterocycles. The van der Waals surface area contributed by atoms with E-state index in [1.807, 2.05) is 11.5 Å². The largest absolute Gasteiger partial charge is 0.324 e. The minimum absolute atomic E-state index is 0.259. The lowest BCUT2D eigenvalue weighted by atomic mass is 10.2. The number of aromatic nitrogens is 3. The van der Waals surface area contributed by atoms with Gasteiger partial charge in [-0.1, -0.05) is 13.3 Å². The van der Waals surface area contributed by atoms with Gasteiger partial charge in [0.15, 0.2) is 15.7 Å². The molecule has 0 spiro atoms. The van der Waals surface area contributed by atoms with Crippen molar-refractivity contribution in [1.82, 2.24) is 14.8 Å². The zero-order valence-electron chi connectivity index (χ0n) is 10.7. The molecule has 2 N–H and O–H groups in total. The van der Waals surface area contributed by atoms with Gasteiger partial charge in [-0.25, -0.2) is 8.42 Å². The third-order valence-corrected chi connectivity index (χ3v) is 5.52.